The monoisotopic (exact) mass is 457 g/mol. The first-order valence-electron chi connectivity index (χ1n) is 9.24. The number of nitrogens with zero attached hydrogens (tertiary/aromatic N) is 2. The highest BCUT2D eigenvalue weighted by Crippen LogP contribution is 2.31. The van der Waals surface area contributed by atoms with Crippen LogP contribution in [0.3, 0.4) is 0 Å². The Labute approximate surface area is 176 Å². The normalized spacial score (nSPS) is 17.0. The maximum atomic E-state index is 12.7. The van der Waals surface area contributed by atoms with Gasteiger partial charge in [0.05, 0.1) is 11.3 Å². The fraction of sp³-hybridized carbons (Fsp3) is 0.286. The first-order valence-corrected chi connectivity index (χ1v) is 10.9. The second kappa shape index (κ2) is 8.49. The van der Waals surface area contributed by atoms with E-state index in [1.54, 1.807) is 0 Å². The summed E-state index contributed by atoms with van der Waals surface area (Å²) in [5.41, 5.74) is 3.40. The molecule has 5 nitrogen and oxygen atoms in total. The lowest BCUT2D eigenvalue weighted by atomic mass is 9.88. The van der Waals surface area contributed by atoms with Crippen LogP contribution in [0.4, 0.5) is 0 Å². The number of hydrogen-bond acceptors (Lipinski definition) is 5. The molecule has 1 aliphatic rings. The van der Waals surface area contributed by atoms with Crippen LogP contribution in [0.1, 0.15) is 36.9 Å². The van der Waals surface area contributed by atoms with Gasteiger partial charge in [-0.05, 0) is 55.5 Å². The van der Waals surface area contributed by atoms with Crippen LogP contribution in [0, 0.1) is 0 Å². The first-order chi connectivity index (χ1) is 13.6. The number of aryl methyl sites for hydroxylation is 1. The Kier molecular flexibility index (Phi) is 5.82. The van der Waals surface area contributed by atoms with Crippen LogP contribution in [0.25, 0.3) is 11.5 Å². The molecule has 1 aliphatic carbocycles. The van der Waals surface area contributed by atoms with Crippen LogP contribution >= 0.6 is 27.7 Å². The van der Waals surface area contributed by atoms with E-state index < -0.39 is 0 Å². The van der Waals surface area contributed by atoms with Gasteiger partial charge in [-0.15, -0.1) is 10.2 Å². The zero-order chi connectivity index (χ0) is 19.5. The molecule has 2 aromatic carbocycles. The Morgan fingerprint density at radius 1 is 1.25 bits per heavy atom. The average molecular weight is 458 g/mol. The molecule has 2 atom stereocenters. The topological polar surface area (TPSA) is 68.0 Å². The van der Waals surface area contributed by atoms with E-state index in [-0.39, 0.29) is 17.2 Å². The number of fused-ring (bicyclic) bond motifs is 1. The number of rotatable bonds is 5. The maximum absolute atomic E-state index is 12.7. The summed E-state index contributed by atoms with van der Waals surface area (Å²) in [4.78, 5) is 12.7. The van der Waals surface area contributed by atoms with Crippen molar-refractivity contribution in [3.05, 3.63) is 64.1 Å². The second-order valence-electron chi connectivity index (χ2n) is 6.80. The number of hydrogen-bond donors (Lipinski definition) is 1. The molecule has 1 heterocycles. The number of thioether (sulfide) groups is 1. The van der Waals surface area contributed by atoms with Crippen molar-refractivity contribution in [2.45, 2.75) is 42.7 Å². The molecule has 1 aromatic heterocycles. The van der Waals surface area contributed by atoms with E-state index in [9.17, 15) is 4.79 Å². The lowest BCUT2D eigenvalue weighted by Crippen LogP contribution is -2.35. The molecule has 0 radical (unpaired) electrons. The lowest BCUT2D eigenvalue weighted by Gasteiger charge is -2.27. The molecule has 0 saturated heterocycles. The van der Waals surface area contributed by atoms with Crippen LogP contribution in [0.15, 0.2) is 62.6 Å². The smallest absolute Gasteiger partial charge is 0.277 e. The summed E-state index contributed by atoms with van der Waals surface area (Å²) in [7, 11) is 0. The number of aromatic nitrogens is 2. The van der Waals surface area contributed by atoms with Gasteiger partial charge in [-0.1, -0.05) is 58.0 Å². The van der Waals surface area contributed by atoms with Gasteiger partial charge in [0, 0.05) is 10.0 Å². The number of halogens is 1. The zero-order valence-electron chi connectivity index (χ0n) is 15.4. The van der Waals surface area contributed by atoms with Gasteiger partial charge in [-0.25, -0.2) is 0 Å². The van der Waals surface area contributed by atoms with Crippen molar-refractivity contribution in [2.24, 2.45) is 0 Å². The van der Waals surface area contributed by atoms with Gasteiger partial charge in [-0.2, -0.15) is 0 Å². The highest BCUT2D eigenvalue weighted by Gasteiger charge is 2.25. The molecular formula is C21H20BrN3O2S. The van der Waals surface area contributed by atoms with Crippen LogP contribution in [-0.4, -0.2) is 21.4 Å². The largest absolute Gasteiger partial charge is 0.411 e. The van der Waals surface area contributed by atoms with Gasteiger partial charge in [0.2, 0.25) is 11.8 Å². The SMILES string of the molecule is C[C@@H](Sc1nnc(-c2cccc(Br)c2)o1)C(=O)N[C@H]1CCCc2ccccc21. The Balaban J connectivity index is 1.40. The van der Waals surface area contributed by atoms with Gasteiger partial charge in [0.25, 0.3) is 5.22 Å². The molecule has 0 spiro atoms. The molecule has 0 saturated carbocycles. The molecule has 144 valence electrons. The Morgan fingerprint density at radius 2 is 2.11 bits per heavy atom. The molecular weight excluding hydrogens is 438 g/mol. The predicted octanol–water partition coefficient (Wildman–Crippen LogP) is 5.17. The van der Waals surface area contributed by atoms with Crippen LogP contribution in [0.2, 0.25) is 0 Å². The average Bonchev–Trinajstić information content (AvgIpc) is 3.17. The summed E-state index contributed by atoms with van der Waals surface area (Å²) >= 11 is 4.71. The maximum Gasteiger partial charge on any atom is 0.277 e. The highest BCUT2D eigenvalue weighted by atomic mass is 79.9. The third kappa shape index (κ3) is 4.31. The van der Waals surface area contributed by atoms with E-state index in [1.807, 2.05) is 37.3 Å². The van der Waals surface area contributed by atoms with Crippen LogP contribution < -0.4 is 5.32 Å². The number of carbonyl (C=O) groups excluding carboxylic acids is 1. The molecule has 4 rings (SSSR count). The molecule has 28 heavy (non-hydrogen) atoms. The van der Waals surface area contributed by atoms with Crippen molar-refractivity contribution in [3.8, 4) is 11.5 Å². The molecule has 1 N–H and O–H groups in total. The molecule has 0 fully saturated rings. The van der Waals surface area contributed by atoms with E-state index >= 15 is 0 Å². The molecule has 7 heteroatoms. The van der Waals surface area contributed by atoms with Gasteiger partial charge in [-0.3, -0.25) is 4.79 Å². The van der Waals surface area contributed by atoms with Crippen molar-refractivity contribution in [1.82, 2.24) is 15.5 Å². The summed E-state index contributed by atoms with van der Waals surface area (Å²) in [6.07, 6.45) is 3.13. The van der Waals surface area contributed by atoms with Gasteiger partial charge in [0.1, 0.15) is 0 Å². The van der Waals surface area contributed by atoms with Crippen molar-refractivity contribution in [3.63, 3.8) is 0 Å². The fourth-order valence-electron chi connectivity index (χ4n) is 3.39. The number of nitrogens with one attached hydrogen (secondary N) is 1. The minimum atomic E-state index is -0.329. The van der Waals surface area contributed by atoms with E-state index in [0.29, 0.717) is 11.1 Å². The quantitative estimate of drug-likeness (QED) is 0.534. The van der Waals surface area contributed by atoms with E-state index in [0.717, 1.165) is 29.3 Å². The third-order valence-corrected chi connectivity index (χ3v) is 6.24. The second-order valence-corrected chi connectivity index (χ2v) is 9.00. The van der Waals surface area contributed by atoms with Crippen molar-refractivity contribution in [2.75, 3.05) is 0 Å². The fourth-order valence-corrected chi connectivity index (χ4v) is 4.49. The molecule has 0 bridgehead atoms. The van der Waals surface area contributed by atoms with Crippen molar-refractivity contribution < 1.29 is 9.21 Å². The number of amides is 1. The minimum Gasteiger partial charge on any atom is -0.411 e. The summed E-state index contributed by atoms with van der Waals surface area (Å²) in [6, 6.07) is 16.1. The Hall–Kier alpha value is -2.12. The van der Waals surface area contributed by atoms with Crippen LogP contribution in [0.5, 0.6) is 0 Å². The van der Waals surface area contributed by atoms with E-state index in [1.165, 1.54) is 22.9 Å². The summed E-state index contributed by atoms with van der Waals surface area (Å²) in [5.74, 6) is 0.423. The third-order valence-electron chi connectivity index (χ3n) is 4.81. The Morgan fingerprint density at radius 3 is 2.96 bits per heavy atom. The summed E-state index contributed by atoms with van der Waals surface area (Å²) in [5, 5.41) is 11.4. The van der Waals surface area contributed by atoms with Crippen molar-refractivity contribution >= 4 is 33.6 Å². The van der Waals surface area contributed by atoms with Gasteiger partial charge >= 0.3 is 0 Å². The van der Waals surface area contributed by atoms with E-state index in [2.05, 4.69) is 49.6 Å². The highest BCUT2D eigenvalue weighted by molar-refractivity contribution is 9.10. The van der Waals surface area contributed by atoms with E-state index in [4.69, 9.17) is 4.42 Å². The molecule has 0 aliphatic heterocycles. The summed E-state index contributed by atoms with van der Waals surface area (Å²) in [6.45, 7) is 1.86. The minimum absolute atomic E-state index is 0.0195. The Bertz CT molecular complexity index is 991. The van der Waals surface area contributed by atoms with Crippen LogP contribution in [-0.2, 0) is 11.2 Å². The lowest BCUT2D eigenvalue weighted by molar-refractivity contribution is -0.121. The number of carbonyl (C=O) groups is 1. The summed E-state index contributed by atoms with van der Waals surface area (Å²) < 4.78 is 6.67. The molecule has 1 amide bonds. The first kappa shape index (κ1) is 19.2. The van der Waals surface area contributed by atoms with Gasteiger partial charge in [0.15, 0.2) is 0 Å². The molecule has 3 aromatic rings. The molecule has 0 unspecified atom stereocenters. The number of benzene rings is 2. The van der Waals surface area contributed by atoms with Crippen molar-refractivity contribution in [1.29, 1.82) is 0 Å². The van der Waals surface area contributed by atoms with Gasteiger partial charge < -0.3 is 9.73 Å². The zero-order valence-corrected chi connectivity index (χ0v) is 17.8. The predicted molar refractivity (Wildman–Crippen MR) is 113 cm³/mol. The standard InChI is InChI=1S/C21H20BrN3O2S/c1-13(19(26)23-18-11-5-7-14-6-2-3-10-17(14)18)28-21-25-24-20(27-21)15-8-4-9-16(22)12-15/h2-4,6,8-10,12-13,18H,5,7,11H2,1H3,(H,23,26)/t13-,18+/m1/s1.